The summed E-state index contributed by atoms with van der Waals surface area (Å²) in [4.78, 5) is 16.7. The van der Waals surface area contributed by atoms with Gasteiger partial charge in [-0.2, -0.15) is 0 Å². The van der Waals surface area contributed by atoms with Gasteiger partial charge in [0.2, 0.25) is 0 Å². The third-order valence-electron chi connectivity index (χ3n) is 3.84. The lowest BCUT2D eigenvalue weighted by atomic mass is 10.0. The Balaban J connectivity index is 2.20. The topological polar surface area (TPSA) is 32.8 Å². The fourth-order valence-corrected chi connectivity index (χ4v) is 2.82. The minimum atomic E-state index is -0.438. The first-order valence-corrected chi connectivity index (χ1v) is 7.85. The summed E-state index contributed by atoms with van der Waals surface area (Å²) in [5.74, 6) is -0.578. The molecular formula is C16H22ClFN2O2. The van der Waals surface area contributed by atoms with Gasteiger partial charge in [-0.15, -0.1) is 0 Å². The van der Waals surface area contributed by atoms with E-state index in [-0.39, 0.29) is 17.0 Å². The molecule has 0 unspecified atom stereocenters. The molecule has 1 aliphatic heterocycles. The van der Waals surface area contributed by atoms with Crippen LogP contribution in [0.4, 0.5) is 4.39 Å². The van der Waals surface area contributed by atoms with Crippen molar-refractivity contribution in [2.75, 3.05) is 40.4 Å². The molecule has 2 rings (SSSR count). The second-order valence-electron chi connectivity index (χ2n) is 5.77. The van der Waals surface area contributed by atoms with Crippen molar-refractivity contribution in [1.82, 2.24) is 9.80 Å². The number of carbonyl (C=O) groups is 1. The summed E-state index contributed by atoms with van der Waals surface area (Å²) >= 11 is 6.05. The molecule has 1 aromatic rings. The molecule has 1 fully saturated rings. The van der Waals surface area contributed by atoms with Crippen LogP contribution in [0.2, 0.25) is 5.02 Å². The Morgan fingerprint density at radius 3 is 2.59 bits per heavy atom. The normalized spacial score (nSPS) is 16.0. The zero-order valence-corrected chi connectivity index (χ0v) is 13.8. The first kappa shape index (κ1) is 17.2. The summed E-state index contributed by atoms with van der Waals surface area (Å²) in [7, 11) is 3.94. The number of amides is 1. The summed E-state index contributed by atoms with van der Waals surface area (Å²) in [6.45, 7) is 2.70. The van der Waals surface area contributed by atoms with Crippen molar-refractivity contribution in [3.63, 3.8) is 0 Å². The summed E-state index contributed by atoms with van der Waals surface area (Å²) in [5.41, 5.74) is 0.355. The van der Waals surface area contributed by atoms with Gasteiger partial charge in [0.15, 0.2) is 0 Å². The fraction of sp³-hybridized carbons (Fsp3) is 0.562. The highest BCUT2D eigenvalue weighted by atomic mass is 35.5. The van der Waals surface area contributed by atoms with E-state index in [2.05, 4.69) is 0 Å². The fourth-order valence-electron chi connectivity index (χ4n) is 2.57. The molecule has 0 N–H and O–H groups in total. The lowest BCUT2D eigenvalue weighted by Gasteiger charge is -2.35. The molecule has 0 atom stereocenters. The Labute approximate surface area is 135 Å². The third kappa shape index (κ3) is 4.41. The zero-order valence-electron chi connectivity index (χ0n) is 13.0. The number of hydrogen-bond donors (Lipinski definition) is 0. The van der Waals surface area contributed by atoms with E-state index in [4.69, 9.17) is 16.3 Å². The summed E-state index contributed by atoms with van der Waals surface area (Å²) in [6.07, 6.45) is 1.63. The Morgan fingerprint density at radius 1 is 1.32 bits per heavy atom. The van der Waals surface area contributed by atoms with Crippen molar-refractivity contribution < 1.29 is 13.9 Å². The van der Waals surface area contributed by atoms with Crippen LogP contribution in [0.1, 0.15) is 23.2 Å². The first-order valence-electron chi connectivity index (χ1n) is 7.47. The van der Waals surface area contributed by atoms with Crippen molar-refractivity contribution >= 4 is 17.5 Å². The van der Waals surface area contributed by atoms with Crippen LogP contribution in [0.5, 0.6) is 0 Å². The number of carbonyl (C=O) groups excluding carboxylic acids is 1. The second kappa shape index (κ2) is 7.90. The van der Waals surface area contributed by atoms with Gasteiger partial charge in [-0.3, -0.25) is 4.79 Å². The molecule has 0 bridgehead atoms. The summed E-state index contributed by atoms with van der Waals surface area (Å²) in [6, 6.07) is 4.06. The van der Waals surface area contributed by atoms with Crippen LogP contribution in [-0.2, 0) is 4.74 Å². The highest BCUT2D eigenvalue weighted by Gasteiger charge is 2.27. The van der Waals surface area contributed by atoms with Crippen LogP contribution in [0.15, 0.2) is 18.2 Å². The van der Waals surface area contributed by atoms with E-state index in [0.717, 1.165) is 19.4 Å². The van der Waals surface area contributed by atoms with E-state index >= 15 is 0 Å². The van der Waals surface area contributed by atoms with Crippen LogP contribution in [-0.4, -0.2) is 62.1 Å². The van der Waals surface area contributed by atoms with E-state index in [1.165, 1.54) is 18.2 Å². The molecule has 1 aromatic carbocycles. The van der Waals surface area contributed by atoms with Crippen LogP contribution >= 0.6 is 11.6 Å². The third-order valence-corrected chi connectivity index (χ3v) is 4.15. The number of rotatable bonds is 5. The van der Waals surface area contributed by atoms with Crippen molar-refractivity contribution in [3.8, 4) is 0 Å². The maximum absolute atomic E-state index is 13.2. The van der Waals surface area contributed by atoms with Gasteiger partial charge in [-0.1, -0.05) is 11.6 Å². The molecule has 1 amide bonds. The molecule has 122 valence electrons. The predicted octanol–water partition coefficient (Wildman–Crippen LogP) is 2.66. The average Bonchev–Trinajstić information content (AvgIpc) is 2.48. The standard InChI is InChI=1S/C16H22ClFN2O2/c1-19(2)7-8-20(13-5-9-22-10-6-13)16(21)14-4-3-12(18)11-15(14)17/h3-4,11,13H,5-10H2,1-2H3. The molecule has 1 heterocycles. The molecule has 0 aromatic heterocycles. The molecule has 1 saturated heterocycles. The van der Waals surface area contributed by atoms with Crippen molar-refractivity contribution in [3.05, 3.63) is 34.6 Å². The van der Waals surface area contributed by atoms with Gasteiger partial charge in [-0.25, -0.2) is 4.39 Å². The molecule has 0 spiro atoms. The van der Waals surface area contributed by atoms with E-state index in [0.29, 0.717) is 25.3 Å². The molecule has 1 aliphatic rings. The van der Waals surface area contributed by atoms with E-state index in [1.807, 2.05) is 23.9 Å². The van der Waals surface area contributed by atoms with Gasteiger partial charge < -0.3 is 14.5 Å². The predicted molar refractivity (Wildman–Crippen MR) is 84.8 cm³/mol. The molecule has 0 aliphatic carbocycles. The van der Waals surface area contributed by atoms with E-state index < -0.39 is 5.82 Å². The van der Waals surface area contributed by atoms with Gasteiger partial charge in [0, 0.05) is 32.3 Å². The quantitative estimate of drug-likeness (QED) is 0.833. The van der Waals surface area contributed by atoms with Crippen LogP contribution < -0.4 is 0 Å². The van der Waals surface area contributed by atoms with Gasteiger partial charge in [0.05, 0.1) is 10.6 Å². The second-order valence-corrected chi connectivity index (χ2v) is 6.18. The smallest absolute Gasteiger partial charge is 0.255 e. The lowest BCUT2D eigenvalue weighted by Crippen LogP contribution is -2.46. The SMILES string of the molecule is CN(C)CCN(C(=O)c1ccc(F)cc1Cl)C1CCOCC1. The lowest BCUT2D eigenvalue weighted by molar-refractivity contribution is 0.0276. The largest absolute Gasteiger partial charge is 0.381 e. The van der Waals surface area contributed by atoms with E-state index in [1.54, 1.807) is 0 Å². The molecule has 22 heavy (non-hydrogen) atoms. The highest BCUT2D eigenvalue weighted by molar-refractivity contribution is 6.33. The maximum Gasteiger partial charge on any atom is 0.255 e. The minimum Gasteiger partial charge on any atom is -0.381 e. The Hall–Kier alpha value is -1.17. The van der Waals surface area contributed by atoms with Crippen LogP contribution in [0.25, 0.3) is 0 Å². The minimum absolute atomic E-state index is 0.140. The number of likely N-dealkylation sites (N-methyl/N-ethyl adjacent to an activating group) is 1. The summed E-state index contributed by atoms with van der Waals surface area (Å²) in [5, 5.41) is 0.159. The van der Waals surface area contributed by atoms with Gasteiger partial charge in [-0.05, 0) is 45.1 Å². The van der Waals surface area contributed by atoms with Gasteiger partial charge in [0.1, 0.15) is 5.82 Å². The Morgan fingerprint density at radius 2 is 2.00 bits per heavy atom. The van der Waals surface area contributed by atoms with E-state index in [9.17, 15) is 9.18 Å². The number of nitrogens with zero attached hydrogens (tertiary/aromatic N) is 2. The number of ether oxygens (including phenoxy) is 1. The first-order chi connectivity index (χ1) is 10.5. The molecular weight excluding hydrogens is 307 g/mol. The number of halogens is 2. The van der Waals surface area contributed by atoms with Crippen LogP contribution in [0, 0.1) is 5.82 Å². The van der Waals surface area contributed by atoms with Gasteiger partial charge >= 0.3 is 0 Å². The average molecular weight is 329 g/mol. The number of benzene rings is 1. The van der Waals surface area contributed by atoms with Gasteiger partial charge in [0.25, 0.3) is 5.91 Å². The maximum atomic E-state index is 13.2. The van der Waals surface area contributed by atoms with Crippen molar-refractivity contribution in [2.45, 2.75) is 18.9 Å². The Bertz CT molecular complexity index is 519. The Kier molecular flexibility index (Phi) is 6.17. The number of hydrogen-bond acceptors (Lipinski definition) is 3. The summed E-state index contributed by atoms with van der Waals surface area (Å²) < 4.78 is 18.6. The molecule has 4 nitrogen and oxygen atoms in total. The van der Waals surface area contributed by atoms with Crippen molar-refractivity contribution in [2.24, 2.45) is 0 Å². The zero-order chi connectivity index (χ0) is 16.1. The monoisotopic (exact) mass is 328 g/mol. The molecule has 0 radical (unpaired) electrons. The van der Waals surface area contributed by atoms with Crippen LogP contribution in [0.3, 0.4) is 0 Å². The molecule has 0 saturated carbocycles. The van der Waals surface area contributed by atoms with Crippen molar-refractivity contribution in [1.29, 1.82) is 0 Å². The highest BCUT2D eigenvalue weighted by Crippen LogP contribution is 2.23. The molecule has 6 heteroatoms.